The first-order valence-corrected chi connectivity index (χ1v) is 5.49. The van der Waals surface area contributed by atoms with Crippen LogP contribution in [-0.2, 0) is 4.79 Å². The van der Waals surface area contributed by atoms with E-state index in [4.69, 9.17) is 0 Å². The maximum absolute atomic E-state index is 11.4. The minimum atomic E-state index is -0.159. The molecule has 0 aliphatic rings. The van der Waals surface area contributed by atoms with Crippen LogP contribution < -0.4 is 10.6 Å². The second kappa shape index (κ2) is 4.46. The van der Waals surface area contributed by atoms with Gasteiger partial charge in [0.1, 0.15) is 0 Å². The Kier molecular flexibility index (Phi) is 3.52. The van der Waals surface area contributed by atoms with Gasteiger partial charge in [-0.3, -0.25) is 4.79 Å². The number of rotatable bonds is 3. The lowest BCUT2D eigenvalue weighted by Crippen LogP contribution is -2.43. The maximum atomic E-state index is 11.4. The number of anilines is 1. The number of carbonyl (C=O) groups excluding carboxylic acids is 1. The van der Waals surface area contributed by atoms with Crippen molar-refractivity contribution in [3.63, 3.8) is 0 Å². The average Bonchev–Trinajstić information content (AvgIpc) is 2.49. The van der Waals surface area contributed by atoms with Crippen molar-refractivity contribution in [2.75, 3.05) is 11.9 Å². The predicted molar refractivity (Wildman–Crippen MR) is 60.7 cm³/mol. The molecule has 4 heteroatoms. The molecule has 1 heterocycles. The topological polar surface area (TPSA) is 41.1 Å². The smallest absolute Gasteiger partial charge is 0.239 e. The normalized spacial score (nSPS) is 11.1. The zero-order valence-electron chi connectivity index (χ0n) is 8.76. The molecule has 1 rings (SSSR count). The summed E-state index contributed by atoms with van der Waals surface area (Å²) in [4.78, 5) is 11.4. The fraction of sp³-hybridized carbons (Fsp3) is 0.500. The second-order valence-corrected chi connectivity index (χ2v) is 4.94. The van der Waals surface area contributed by atoms with Gasteiger partial charge in [0.2, 0.25) is 5.91 Å². The van der Waals surface area contributed by atoms with Gasteiger partial charge in [0.25, 0.3) is 0 Å². The molecule has 0 aliphatic heterocycles. The molecular weight excluding hydrogens is 196 g/mol. The summed E-state index contributed by atoms with van der Waals surface area (Å²) in [5, 5.41) is 9.88. The zero-order valence-corrected chi connectivity index (χ0v) is 9.57. The molecular formula is C10H16N2OS. The summed E-state index contributed by atoms with van der Waals surface area (Å²) in [6, 6.07) is 1.95. The summed E-state index contributed by atoms with van der Waals surface area (Å²) in [5.74, 6) is 0.0173. The van der Waals surface area contributed by atoms with Crippen LogP contribution in [0, 0.1) is 0 Å². The Morgan fingerprint density at radius 1 is 1.50 bits per heavy atom. The molecule has 0 radical (unpaired) electrons. The van der Waals surface area contributed by atoms with Crippen LogP contribution in [-0.4, -0.2) is 18.0 Å². The third-order valence-electron chi connectivity index (χ3n) is 1.49. The van der Waals surface area contributed by atoms with E-state index in [0.29, 0.717) is 6.54 Å². The van der Waals surface area contributed by atoms with Crippen molar-refractivity contribution in [2.24, 2.45) is 0 Å². The van der Waals surface area contributed by atoms with Gasteiger partial charge < -0.3 is 10.6 Å². The maximum Gasteiger partial charge on any atom is 0.239 e. The van der Waals surface area contributed by atoms with E-state index >= 15 is 0 Å². The summed E-state index contributed by atoms with van der Waals surface area (Å²) in [6.45, 7) is 6.23. The van der Waals surface area contributed by atoms with Crippen molar-refractivity contribution < 1.29 is 4.79 Å². The minimum Gasteiger partial charge on any atom is -0.375 e. The fourth-order valence-electron chi connectivity index (χ4n) is 1.01. The van der Waals surface area contributed by atoms with Crippen LogP contribution in [0.2, 0.25) is 0 Å². The van der Waals surface area contributed by atoms with Gasteiger partial charge in [0.05, 0.1) is 6.54 Å². The van der Waals surface area contributed by atoms with E-state index in [1.807, 2.05) is 37.6 Å². The van der Waals surface area contributed by atoms with E-state index in [2.05, 4.69) is 10.6 Å². The Labute approximate surface area is 88.5 Å². The molecule has 0 saturated heterocycles. The number of amides is 1. The second-order valence-electron chi connectivity index (χ2n) is 4.16. The highest BCUT2D eigenvalue weighted by Gasteiger charge is 2.12. The number of thiophene rings is 1. The van der Waals surface area contributed by atoms with Crippen LogP contribution in [0.1, 0.15) is 20.8 Å². The number of carbonyl (C=O) groups is 1. The Hall–Kier alpha value is -1.03. The molecule has 0 spiro atoms. The first-order chi connectivity index (χ1) is 6.47. The van der Waals surface area contributed by atoms with Crippen LogP contribution in [0.15, 0.2) is 16.8 Å². The highest BCUT2D eigenvalue weighted by Crippen LogP contribution is 2.10. The molecule has 0 fully saturated rings. The van der Waals surface area contributed by atoms with Crippen LogP contribution in [0.25, 0.3) is 0 Å². The monoisotopic (exact) mass is 212 g/mol. The minimum absolute atomic E-state index is 0.0173. The van der Waals surface area contributed by atoms with Crippen molar-refractivity contribution in [3.05, 3.63) is 16.8 Å². The summed E-state index contributed by atoms with van der Waals surface area (Å²) < 4.78 is 0. The van der Waals surface area contributed by atoms with Gasteiger partial charge in [-0.1, -0.05) is 0 Å². The summed E-state index contributed by atoms with van der Waals surface area (Å²) in [7, 11) is 0. The summed E-state index contributed by atoms with van der Waals surface area (Å²) in [5.41, 5.74) is 0.840. The van der Waals surface area contributed by atoms with Gasteiger partial charge in [-0.25, -0.2) is 0 Å². The highest BCUT2D eigenvalue weighted by molar-refractivity contribution is 7.08. The molecule has 14 heavy (non-hydrogen) atoms. The molecule has 0 unspecified atom stereocenters. The molecule has 2 N–H and O–H groups in total. The molecule has 0 atom stereocenters. The highest BCUT2D eigenvalue weighted by atomic mass is 32.1. The first kappa shape index (κ1) is 11.0. The Morgan fingerprint density at radius 2 is 2.21 bits per heavy atom. The predicted octanol–water partition coefficient (Wildman–Crippen LogP) is 2.07. The van der Waals surface area contributed by atoms with Crippen molar-refractivity contribution in [1.82, 2.24) is 5.32 Å². The Bertz CT molecular complexity index is 288. The standard InChI is InChI=1S/C10H16N2OS/c1-10(2,3)12-9(13)6-11-8-4-5-14-7-8/h4-5,7,11H,6H2,1-3H3,(H,12,13). The van der Waals surface area contributed by atoms with Crippen molar-refractivity contribution >= 4 is 22.9 Å². The average molecular weight is 212 g/mol. The zero-order chi connectivity index (χ0) is 10.6. The first-order valence-electron chi connectivity index (χ1n) is 4.54. The number of hydrogen-bond acceptors (Lipinski definition) is 3. The Morgan fingerprint density at radius 3 is 2.71 bits per heavy atom. The van der Waals surface area contributed by atoms with E-state index in [9.17, 15) is 4.79 Å². The molecule has 1 aromatic heterocycles. The molecule has 3 nitrogen and oxygen atoms in total. The van der Waals surface area contributed by atoms with Gasteiger partial charge in [0, 0.05) is 16.6 Å². The largest absolute Gasteiger partial charge is 0.375 e. The SMILES string of the molecule is CC(C)(C)NC(=O)CNc1ccsc1. The van der Waals surface area contributed by atoms with E-state index in [-0.39, 0.29) is 11.4 Å². The number of nitrogens with one attached hydrogen (secondary N) is 2. The van der Waals surface area contributed by atoms with Crippen molar-refractivity contribution in [3.8, 4) is 0 Å². The molecule has 0 saturated carbocycles. The van der Waals surface area contributed by atoms with E-state index in [1.54, 1.807) is 11.3 Å². The van der Waals surface area contributed by atoms with Crippen molar-refractivity contribution in [1.29, 1.82) is 0 Å². The van der Waals surface area contributed by atoms with Crippen LogP contribution in [0.5, 0.6) is 0 Å². The van der Waals surface area contributed by atoms with Crippen LogP contribution >= 0.6 is 11.3 Å². The van der Waals surface area contributed by atoms with E-state index < -0.39 is 0 Å². The number of hydrogen-bond donors (Lipinski definition) is 2. The summed E-state index contributed by atoms with van der Waals surface area (Å²) >= 11 is 1.61. The quantitative estimate of drug-likeness (QED) is 0.805. The fourth-order valence-corrected chi connectivity index (χ4v) is 1.62. The van der Waals surface area contributed by atoms with E-state index in [1.165, 1.54) is 0 Å². The third kappa shape index (κ3) is 4.28. The molecule has 78 valence electrons. The van der Waals surface area contributed by atoms with E-state index in [0.717, 1.165) is 5.69 Å². The van der Waals surface area contributed by atoms with Crippen molar-refractivity contribution in [2.45, 2.75) is 26.3 Å². The van der Waals surface area contributed by atoms with Gasteiger partial charge in [0.15, 0.2) is 0 Å². The lowest BCUT2D eigenvalue weighted by atomic mass is 10.1. The molecule has 0 aromatic carbocycles. The van der Waals surface area contributed by atoms with Gasteiger partial charge in [-0.15, -0.1) is 0 Å². The van der Waals surface area contributed by atoms with Crippen LogP contribution in [0.3, 0.4) is 0 Å². The molecule has 1 aromatic rings. The third-order valence-corrected chi connectivity index (χ3v) is 2.17. The van der Waals surface area contributed by atoms with Gasteiger partial charge in [-0.2, -0.15) is 11.3 Å². The summed E-state index contributed by atoms with van der Waals surface area (Å²) in [6.07, 6.45) is 0. The lowest BCUT2D eigenvalue weighted by Gasteiger charge is -2.20. The Balaban J connectivity index is 2.29. The molecule has 0 bridgehead atoms. The van der Waals surface area contributed by atoms with Gasteiger partial charge in [-0.05, 0) is 32.2 Å². The molecule has 1 amide bonds. The van der Waals surface area contributed by atoms with Gasteiger partial charge >= 0.3 is 0 Å². The molecule has 0 aliphatic carbocycles. The lowest BCUT2D eigenvalue weighted by molar-refractivity contribution is -0.120. The van der Waals surface area contributed by atoms with Crippen LogP contribution in [0.4, 0.5) is 5.69 Å².